The second kappa shape index (κ2) is 6.40. The third-order valence-electron chi connectivity index (χ3n) is 3.16. The molecule has 0 unspecified atom stereocenters. The number of methoxy groups -OCH3 is 1. The third kappa shape index (κ3) is 3.06. The van der Waals surface area contributed by atoms with Crippen molar-refractivity contribution in [3.05, 3.63) is 64.1 Å². The predicted octanol–water partition coefficient (Wildman–Crippen LogP) is 3.95. The van der Waals surface area contributed by atoms with E-state index in [0.717, 1.165) is 5.56 Å². The molecule has 0 saturated carbocycles. The van der Waals surface area contributed by atoms with Crippen LogP contribution in [0.2, 0.25) is 10.0 Å². The lowest BCUT2D eigenvalue weighted by Crippen LogP contribution is -2.15. The van der Waals surface area contributed by atoms with Crippen molar-refractivity contribution in [1.82, 2.24) is 14.8 Å². The summed E-state index contributed by atoms with van der Waals surface area (Å²) in [6, 6.07) is 14.0. The van der Waals surface area contributed by atoms with Gasteiger partial charge in [-0.15, -0.1) is 5.10 Å². The first-order valence-electron chi connectivity index (χ1n) is 6.66. The molecule has 0 aliphatic rings. The quantitative estimate of drug-likeness (QED) is 0.719. The summed E-state index contributed by atoms with van der Waals surface area (Å²) in [5.74, 6) is -0.0419. The van der Waals surface area contributed by atoms with E-state index in [1.165, 1.54) is 17.9 Å². The Morgan fingerprint density at radius 2 is 1.87 bits per heavy atom. The van der Waals surface area contributed by atoms with Gasteiger partial charge in [0.15, 0.2) is 5.82 Å². The van der Waals surface area contributed by atoms with Crippen molar-refractivity contribution in [2.24, 2.45) is 0 Å². The minimum absolute atomic E-state index is 0.0993. The second-order valence-corrected chi connectivity index (χ2v) is 5.47. The number of rotatable bonds is 3. The van der Waals surface area contributed by atoms with E-state index >= 15 is 0 Å². The summed E-state index contributed by atoms with van der Waals surface area (Å²) in [6.45, 7) is 0. The van der Waals surface area contributed by atoms with Gasteiger partial charge in [-0.25, -0.2) is 0 Å². The third-order valence-corrected chi connectivity index (χ3v) is 3.70. The van der Waals surface area contributed by atoms with Crippen LogP contribution in [0.3, 0.4) is 0 Å². The van der Waals surface area contributed by atoms with Crippen LogP contribution in [-0.2, 0) is 0 Å². The molecule has 1 aromatic heterocycles. The average Bonchev–Trinajstić information content (AvgIpc) is 2.99. The van der Waals surface area contributed by atoms with Gasteiger partial charge in [-0.05, 0) is 18.2 Å². The molecule has 0 amide bonds. The molecule has 0 N–H and O–H groups in total. The maximum absolute atomic E-state index is 12.8. The second-order valence-electron chi connectivity index (χ2n) is 4.63. The smallest absolute Gasteiger partial charge is 0.336 e. The van der Waals surface area contributed by atoms with Gasteiger partial charge in [-0.3, -0.25) is 4.79 Å². The molecule has 116 valence electrons. The Bertz CT molecular complexity index is 863. The van der Waals surface area contributed by atoms with Crippen LogP contribution >= 0.6 is 23.2 Å². The maximum Gasteiger partial charge on any atom is 0.336 e. The summed E-state index contributed by atoms with van der Waals surface area (Å²) in [4.78, 5) is 17.0. The molecule has 0 saturated heterocycles. The summed E-state index contributed by atoms with van der Waals surface area (Å²) < 4.78 is 6.21. The number of carbonyl (C=O) groups is 1. The highest BCUT2D eigenvalue weighted by Gasteiger charge is 2.21. The maximum atomic E-state index is 12.8. The van der Waals surface area contributed by atoms with E-state index < -0.39 is 5.91 Å². The molecule has 0 radical (unpaired) electrons. The fourth-order valence-corrected chi connectivity index (χ4v) is 2.56. The Kier molecular flexibility index (Phi) is 4.32. The Hall–Kier alpha value is -2.37. The average molecular weight is 348 g/mol. The first-order valence-corrected chi connectivity index (χ1v) is 7.42. The monoisotopic (exact) mass is 347 g/mol. The van der Waals surface area contributed by atoms with Crippen LogP contribution in [0, 0.1) is 0 Å². The number of halogens is 2. The minimum atomic E-state index is -0.415. The van der Waals surface area contributed by atoms with E-state index in [2.05, 4.69) is 10.1 Å². The Balaban J connectivity index is 2.12. The fourth-order valence-electron chi connectivity index (χ4n) is 2.07. The Labute approximate surface area is 142 Å². The molecular weight excluding hydrogens is 337 g/mol. The van der Waals surface area contributed by atoms with Gasteiger partial charge < -0.3 is 4.74 Å². The highest BCUT2D eigenvalue weighted by molar-refractivity contribution is 6.36. The van der Waals surface area contributed by atoms with E-state index in [4.69, 9.17) is 27.9 Å². The largest absolute Gasteiger partial charge is 0.466 e. The van der Waals surface area contributed by atoms with Gasteiger partial charge in [0.2, 0.25) is 0 Å². The van der Waals surface area contributed by atoms with Gasteiger partial charge in [-0.1, -0.05) is 53.5 Å². The molecule has 0 aliphatic heterocycles. The Morgan fingerprint density at radius 1 is 1.13 bits per heavy atom. The van der Waals surface area contributed by atoms with Crippen LogP contribution in [0.5, 0.6) is 6.01 Å². The number of ether oxygens (including phenoxy) is 1. The SMILES string of the molecule is COc1nc(-c2ccccc2)n(C(=O)c2ccc(Cl)cc2Cl)n1. The van der Waals surface area contributed by atoms with Crippen molar-refractivity contribution < 1.29 is 9.53 Å². The fraction of sp³-hybridized carbons (Fsp3) is 0.0625. The lowest BCUT2D eigenvalue weighted by Gasteiger charge is -2.06. The number of nitrogens with zero attached hydrogens (tertiary/aromatic N) is 3. The molecule has 3 rings (SSSR count). The molecule has 0 atom stereocenters. The number of aromatic nitrogens is 3. The van der Waals surface area contributed by atoms with E-state index in [1.807, 2.05) is 30.3 Å². The number of benzene rings is 2. The normalized spacial score (nSPS) is 10.6. The van der Waals surface area contributed by atoms with Crippen LogP contribution in [0.4, 0.5) is 0 Å². The number of carbonyl (C=O) groups excluding carboxylic acids is 1. The van der Waals surface area contributed by atoms with Gasteiger partial charge in [0, 0.05) is 10.6 Å². The predicted molar refractivity (Wildman–Crippen MR) is 88.2 cm³/mol. The highest BCUT2D eigenvalue weighted by atomic mass is 35.5. The zero-order valence-electron chi connectivity index (χ0n) is 12.0. The van der Waals surface area contributed by atoms with Gasteiger partial charge in [-0.2, -0.15) is 9.67 Å². The molecular formula is C16H11Cl2N3O2. The van der Waals surface area contributed by atoms with Gasteiger partial charge in [0.1, 0.15) is 0 Å². The lowest BCUT2D eigenvalue weighted by atomic mass is 10.2. The van der Waals surface area contributed by atoms with E-state index in [-0.39, 0.29) is 16.6 Å². The van der Waals surface area contributed by atoms with E-state index in [9.17, 15) is 4.79 Å². The molecule has 2 aromatic carbocycles. The molecule has 7 heteroatoms. The summed E-state index contributed by atoms with van der Waals surface area (Å²) in [5, 5.41) is 4.78. The summed E-state index contributed by atoms with van der Waals surface area (Å²) in [7, 11) is 1.44. The van der Waals surface area contributed by atoms with Crippen LogP contribution in [-0.4, -0.2) is 27.8 Å². The van der Waals surface area contributed by atoms with Crippen molar-refractivity contribution in [2.45, 2.75) is 0 Å². The lowest BCUT2D eigenvalue weighted by molar-refractivity contribution is 0.0945. The van der Waals surface area contributed by atoms with E-state index in [0.29, 0.717) is 10.8 Å². The van der Waals surface area contributed by atoms with Crippen molar-refractivity contribution in [3.8, 4) is 17.4 Å². The molecule has 0 fully saturated rings. The first-order chi connectivity index (χ1) is 11.1. The number of hydrogen-bond acceptors (Lipinski definition) is 4. The molecule has 23 heavy (non-hydrogen) atoms. The van der Waals surface area contributed by atoms with Crippen LogP contribution in [0.1, 0.15) is 10.4 Å². The van der Waals surface area contributed by atoms with Crippen LogP contribution < -0.4 is 4.74 Å². The molecule has 0 bridgehead atoms. The molecule has 0 aliphatic carbocycles. The molecule has 1 heterocycles. The Morgan fingerprint density at radius 3 is 2.52 bits per heavy atom. The number of hydrogen-bond donors (Lipinski definition) is 0. The molecule has 5 nitrogen and oxygen atoms in total. The van der Waals surface area contributed by atoms with Gasteiger partial charge >= 0.3 is 6.01 Å². The van der Waals surface area contributed by atoms with Crippen molar-refractivity contribution in [2.75, 3.05) is 7.11 Å². The van der Waals surface area contributed by atoms with Crippen molar-refractivity contribution >= 4 is 29.1 Å². The first kappa shape index (κ1) is 15.5. The van der Waals surface area contributed by atoms with Crippen molar-refractivity contribution in [1.29, 1.82) is 0 Å². The topological polar surface area (TPSA) is 57.0 Å². The van der Waals surface area contributed by atoms with Gasteiger partial charge in [0.05, 0.1) is 17.7 Å². The summed E-state index contributed by atoms with van der Waals surface area (Å²) in [6.07, 6.45) is 0. The summed E-state index contributed by atoms with van der Waals surface area (Å²) >= 11 is 12.0. The minimum Gasteiger partial charge on any atom is -0.466 e. The van der Waals surface area contributed by atoms with Crippen molar-refractivity contribution in [3.63, 3.8) is 0 Å². The molecule has 0 spiro atoms. The van der Waals surface area contributed by atoms with E-state index in [1.54, 1.807) is 12.1 Å². The highest BCUT2D eigenvalue weighted by Crippen LogP contribution is 2.25. The molecule has 3 aromatic rings. The van der Waals surface area contributed by atoms with Gasteiger partial charge in [0.25, 0.3) is 5.91 Å². The van der Waals surface area contributed by atoms with Crippen LogP contribution in [0.15, 0.2) is 48.5 Å². The zero-order chi connectivity index (χ0) is 16.4. The van der Waals surface area contributed by atoms with Crippen LogP contribution in [0.25, 0.3) is 11.4 Å². The zero-order valence-corrected chi connectivity index (χ0v) is 13.5. The standard InChI is InChI=1S/C16H11Cl2N3O2/c1-23-16-19-14(10-5-3-2-4-6-10)21(20-16)15(22)12-8-7-11(17)9-13(12)18/h2-9H,1H3. The summed E-state index contributed by atoms with van der Waals surface area (Å²) in [5.41, 5.74) is 1.02.